The third kappa shape index (κ3) is 3.01. The Morgan fingerprint density at radius 3 is 2.26 bits per heavy atom. The number of hydrogen-bond donors (Lipinski definition) is 2. The monoisotopic (exact) mass is 354 g/mol. The van der Waals surface area contributed by atoms with E-state index in [9.17, 15) is 13.0 Å². The van der Waals surface area contributed by atoms with Gasteiger partial charge in [-0.3, -0.25) is 4.55 Å². The van der Waals surface area contributed by atoms with E-state index in [1.807, 2.05) is 19.1 Å². The summed E-state index contributed by atoms with van der Waals surface area (Å²) in [6, 6.07) is 7.12. The van der Waals surface area contributed by atoms with E-state index in [4.69, 9.17) is 5.26 Å². The van der Waals surface area contributed by atoms with E-state index in [-0.39, 0.29) is 4.90 Å². The molecule has 0 fully saturated rings. The van der Waals surface area contributed by atoms with Gasteiger partial charge in [0.05, 0.1) is 16.9 Å². The Balaban J connectivity index is 2.15. The second kappa shape index (κ2) is 5.90. The molecular formula is C15H14O6S2. The maximum Gasteiger partial charge on any atom is 0.294 e. The molecule has 6 nitrogen and oxygen atoms in total. The normalized spacial score (nSPS) is 13.0. The lowest BCUT2D eigenvalue weighted by Gasteiger charge is -2.09. The molecule has 3 rings (SSSR count). The minimum atomic E-state index is -4.27. The maximum atomic E-state index is 11.5. The van der Waals surface area contributed by atoms with Crippen LogP contribution in [0.15, 0.2) is 34.1 Å². The topological polar surface area (TPSA) is 93.1 Å². The van der Waals surface area contributed by atoms with Crippen LogP contribution in [0.25, 0.3) is 11.1 Å². The SMILES string of the molecule is Cc1cc2c(cc1SOOO)-c1cc(S(=O)(=O)O)c(C)cc1C2. The molecule has 2 N–H and O–H groups in total. The predicted molar refractivity (Wildman–Crippen MR) is 84.6 cm³/mol. The molecule has 1 aliphatic carbocycles. The van der Waals surface area contributed by atoms with Crippen LogP contribution in [-0.2, 0) is 25.9 Å². The predicted octanol–water partition coefficient (Wildman–Crippen LogP) is 3.55. The Kier molecular flexibility index (Phi) is 4.21. The number of benzene rings is 2. The standard InChI is InChI=1S/C15H14O6S2/c1-8-3-10-5-11-4-9(2)15(23(17,18)19)7-13(11)12(10)6-14(8)22-21-20-16/h3-4,6-7,16H,5H2,1-2H3,(H,17,18,19). The van der Waals surface area contributed by atoms with Crippen LogP contribution in [0.3, 0.4) is 0 Å². The van der Waals surface area contributed by atoms with E-state index < -0.39 is 10.1 Å². The molecule has 0 amide bonds. The zero-order chi connectivity index (χ0) is 16.8. The zero-order valence-electron chi connectivity index (χ0n) is 12.4. The molecule has 0 bridgehead atoms. The van der Waals surface area contributed by atoms with E-state index in [0.717, 1.165) is 44.8 Å². The lowest BCUT2D eigenvalue weighted by atomic mass is 10.0. The van der Waals surface area contributed by atoms with Crippen LogP contribution in [0.4, 0.5) is 0 Å². The van der Waals surface area contributed by atoms with Gasteiger partial charge in [0.15, 0.2) is 0 Å². The van der Waals surface area contributed by atoms with Crippen LogP contribution in [0.5, 0.6) is 0 Å². The van der Waals surface area contributed by atoms with E-state index in [2.05, 4.69) is 9.37 Å². The first-order valence-corrected chi connectivity index (χ1v) is 8.89. The van der Waals surface area contributed by atoms with Crippen molar-refractivity contribution in [1.29, 1.82) is 0 Å². The average Bonchev–Trinajstić information content (AvgIpc) is 2.78. The summed E-state index contributed by atoms with van der Waals surface area (Å²) >= 11 is 0.861. The summed E-state index contributed by atoms with van der Waals surface area (Å²) in [7, 11) is -4.27. The zero-order valence-corrected chi connectivity index (χ0v) is 14.0. The molecule has 0 saturated carbocycles. The fourth-order valence-electron chi connectivity index (χ4n) is 2.91. The molecule has 2 aromatic carbocycles. The van der Waals surface area contributed by atoms with Crippen LogP contribution in [0, 0.1) is 13.8 Å². The number of rotatable bonds is 4. The molecular weight excluding hydrogens is 340 g/mol. The Morgan fingerprint density at radius 1 is 1.04 bits per heavy atom. The fraction of sp³-hybridized carbons (Fsp3) is 0.200. The maximum absolute atomic E-state index is 11.5. The van der Waals surface area contributed by atoms with Crippen molar-refractivity contribution >= 4 is 22.2 Å². The smallest absolute Gasteiger partial charge is 0.282 e. The van der Waals surface area contributed by atoms with Crippen LogP contribution in [0.2, 0.25) is 0 Å². The second-order valence-corrected chi connectivity index (χ2v) is 7.56. The lowest BCUT2D eigenvalue weighted by Crippen LogP contribution is -2.01. The summed E-state index contributed by atoms with van der Waals surface area (Å²) in [6.45, 7) is 3.56. The average molecular weight is 354 g/mol. The van der Waals surface area contributed by atoms with Gasteiger partial charge in [0.25, 0.3) is 10.1 Å². The van der Waals surface area contributed by atoms with Crippen LogP contribution >= 0.6 is 12.0 Å². The minimum Gasteiger partial charge on any atom is -0.282 e. The Hall–Kier alpha value is -1.42. The van der Waals surface area contributed by atoms with E-state index in [1.54, 1.807) is 13.0 Å². The minimum absolute atomic E-state index is 0.0891. The van der Waals surface area contributed by atoms with Gasteiger partial charge in [-0.05, 0) is 65.8 Å². The summed E-state index contributed by atoms with van der Waals surface area (Å²) in [4.78, 5) is 0.647. The van der Waals surface area contributed by atoms with Gasteiger partial charge in [-0.1, -0.05) is 17.2 Å². The van der Waals surface area contributed by atoms with Crippen molar-refractivity contribution < 1.29 is 27.6 Å². The van der Waals surface area contributed by atoms with Crippen molar-refractivity contribution in [3.63, 3.8) is 0 Å². The molecule has 122 valence electrons. The number of aryl methyl sites for hydroxylation is 2. The highest BCUT2D eigenvalue weighted by Crippen LogP contribution is 2.42. The van der Waals surface area contributed by atoms with Crippen LogP contribution in [0.1, 0.15) is 22.3 Å². The Morgan fingerprint density at radius 2 is 1.65 bits per heavy atom. The molecule has 0 aromatic heterocycles. The third-order valence-corrected chi connectivity index (χ3v) is 5.65. The van der Waals surface area contributed by atoms with Crippen molar-refractivity contribution in [2.45, 2.75) is 30.1 Å². The van der Waals surface area contributed by atoms with E-state index in [0.29, 0.717) is 12.0 Å². The van der Waals surface area contributed by atoms with Gasteiger partial charge in [-0.2, -0.15) is 8.42 Å². The molecule has 0 unspecified atom stereocenters. The molecule has 2 aromatic rings. The highest BCUT2D eigenvalue weighted by Gasteiger charge is 2.24. The van der Waals surface area contributed by atoms with Crippen molar-refractivity contribution in [1.82, 2.24) is 0 Å². The van der Waals surface area contributed by atoms with Crippen LogP contribution < -0.4 is 0 Å². The van der Waals surface area contributed by atoms with E-state index >= 15 is 0 Å². The van der Waals surface area contributed by atoms with Gasteiger partial charge >= 0.3 is 0 Å². The molecule has 23 heavy (non-hydrogen) atoms. The Bertz CT molecular complexity index is 889. The molecule has 0 saturated heterocycles. The van der Waals surface area contributed by atoms with Gasteiger partial charge in [-0.15, -0.1) is 4.33 Å². The molecule has 0 atom stereocenters. The van der Waals surface area contributed by atoms with Crippen molar-refractivity contribution in [3.8, 4) is 11.1 Å². The molecule has 0 aliphatic heterocycles. The molecule has 0 heterocycles. The largest absolute Gasteiger partial charge is 0.294 e. The van der Waals surface area contributed by atoms with Crippen molar-refractivity contribution in [3.05, 3.63) is 46.5 Å². The quantitative estimate of drug-likeness (QED) is 0.320. The Labute approximate surface area is 137 Å². The number of fused-ring (bicyclic) bond motifs is 3. The molecule has 1 aliphatic rings. The van der Waals surface area contributed by atoms with Gasteiger partial charge in [0.1, 0.15) is 0 Å². The van der Waals surface area contributed by atoms with Gasteiger partial charge in [-0.25, -0.2) is 5.26 Å². The molecule has 0 spiro atoms. The second-order valence-electron chi connectivity index (χ2n) is 5.43. The van der Waals surface area contributed by atoms with Gasteiger partial charge in [0.2, 0.25) is 0 Å². The summed E-state index contributed by atoms with van der Waals surface area (Å²) < 4.78 is 36.9. The highest BCUT2D eigenvalue weighted by molar-refractivity contribution is 7.94. The summed E-state index contributed by atoms with van der Waals surface area (Å²) in [5.74, 6) is 0. The van der Waals surface area contributed by atoms with E-state index in [1.165, 1.54) is 6.07 Å². The summed E-state index contributed by atoms with van der Waals surface area (Å²) in [5.41, 5.74) is 5.18. The molecule has 0 radical (unpaired) electrons. The lowest BCUT2D eigenvalue weighted by molar-refractivity contribution is -0.432. The first-order valence-electron chi connectivity index (χ1n) is 6.71. The first-order chi connectivity index (χ1) is 10.8. The fourth-order valence-corrected chi connectivity index (χ4v) is 4.11. The summed E-state index contributed by atoms with van der Waals surface area (Å²) in [6.07, 6.45) is 0.695. The number of hydrogen-bond acceptors (Lipinski definition) is 6. The molecule has 8 heteroatoms. The highest BCUT2D eigenvalue weighted by atomic mass is 32.2. The third-order valence-electron chi connectivity index (χ3n) is 3.90. The van der Waals surface area contributed by atoms with Crippen molar-refractivity contribution in [2.24, 2.45) is 0 Å². The van der Waals surface area contributed by atoms with Gasteiger partial charge < -0.3 is 0 Å². The summed E-state index contributed by atoms with van der Waals surface area (Å²) in [5, 5.41) is 11.9. The first kappa shape index (κ1) is 16.4. The van der Waals surface area contributed by atoms with Crippen molar-refractivity contribution in [2.75, 3.05) is 0 Å². The van der Waals surface area contributed by atoms with Gasteiger partial charge in [0, 0.05) is 4.90 Å². The van der Waals surface area contributed by atoms with Crippen LogP contribution in [-0.4, -0.2) is 18.2 Å².